The molecule has 1 aromatic heterocycles. The normalized spacial score (nSPS) is 10.8. The Hall–Kier alpha value is -2.30. The molecule has 0 spiro atoms. The Morgan fingerprint density at radius 3 is 2.46 bits per heavy atom. The maximum Gasteiger partial charge on any atom is 0.193 e. The summed E-state index contributed by atoms with van der Waals surface area (Å²) in [7, 11) is 4.26. The van der Waals surface area contributed by atoms with Crippen molar-refractivity contribution in [1.82, 2.24) is 0 Å². The lowest BCUT2D eigenvalue weighted by molar-refractivity contribution is -0.858. The number of quaternary nitrogens is 1. The maximum absolute atomic E-state index is 12.3. The average molecular weight is 374 g/mol. The number of fused-ring (bicyclic) bond motifs is 1. The zero-order valence-electron chi connectivity index (χ0n) is 15.3. The maximum atomic E-state index is 12.3. The van der Waals surface area contributed by atoms with E-state index >= 15 is 0 Å². The molecule has 1 N–H and O–H groups in total. The van der Waals surface area contributed by atoms with Crippen molar-refractivity contribution in [3.05, 3.63) is 64.3 Å². The van der Waals surface area contributed by atoms with E-state index in [2.05, 4.69) is 14.1 Å². The minimum absolute atomic E-state index is 0. The number of ether oxygens (including phenoxy) is 1. The van der Waals surface area contributed by atoms with E-state index in [4.69, 9.17) is 9.15 Å². The molecular formula is C21H24ClNO3. The molecule has 26 heavy (non-hydrogen) atoms. The van der Waals surface area contributed by atoms with Crippen molar-refractivity contribution in [2.24, 2.45) is 0 Å². The standard InChI is InChI=1S/C21H23NO3.ClH/c1-15-5-10-20-18(13-15)19(23)14-21(25-20)16-6-8-17(9-7-16)24-12-4-11-22(2)3;/h5-10,13-14H,4,11-12H2,1-3H3;1H. The summed E-state index contributed by atoms with van der Waals surface area (Å²) >= 11 is 0. The zero-order chi connectivity index (χ0) is 17.8. The van der Waals surface area contributed by atoms with Crippen molar-refractivity contribution in [3.63, 3.8) is 0 Å². The van der Waals surface area contributed by atoms with Gasteiger partial charge >= 0.3 is 0 Å². The predicted octanol–water partition coefficient (Wildman–Crippen LogP) is -0.314. The van der Waals surface area contributed by atoms with Crippen molar-refractivity contribution in [3.8, 4) is 17.1 Å². The second-order valence-electron chi connectivity index (χ2n) is 6.66. The summed E-state index contributed by atoms with van der Waals surface area (Å²) in [5, 5.41) is 0.617. The predicted molar refractivity (Wildman–Crippen MR) is 100 cm³/mol. The third-order valence-electron chi connectivity index (χ3n) is 4.11. The molecule has 0 radical (unpaired) electrons. The molecule has 0 atom stereocenters. The van der Waals surface area contributed by atoms with Gasteiger partial charge in [-0.1, -0.05) is 11.6 Å². The molecule has 3 rings (SSSR count). The highest BCUT2D eigenvalue weighted by molar-refractivity contribution is 5.79. The van der Waals surface area contributed by atoms with Crippen molar-refractivity contribution in [2.75, 3.05) is 27.2 Å². The highest BCUT2D eigenvalue weighted by atomic mass is 35.5. The van der Waals surface area contributed by atoms with Gasteiger partial charge in [-0.3, -0.25) is 4.79 Å². The molecule has 4 nitrogen and oxygen atoms in total. The lowest BCUT2D eigenvalue weighted by Crippen LogP contribution is -3.05. The number of nitrogens with one attached hydrogen (secondary N) is 1. The van der Waals surface area contributed by atoms with E-state index in [0.717, 1.165) is 29.8 Å². The van der Waals surface area contributed by atoms with Gasteiger partial charge < -0.3 is 26.5 Å². The van der Waals surface area contributed by atoms with Crippen LogP contribution in [0.2, 0.25) is 0 Å². The Morgan fingerprint density at radius 2 is 1.77 bits per heavy atom. The van der Waals surface area contributed by atoms with E-state index in [1.807, 2.05) is 49.4 Å². The first-order valence-corrected chi connectivity index (χ1v) is 8.60. The van der Waals surface area contributed by atoms with Crippen molar-refractivity contribution in [1.29, 1.82) is 0 Å². The Kier molecular flexibility index (Phi) is 6.83. The van der Waals surface area contributed by atoms with Crippen LogP contribution in [0, 0.1) is 6.92 Å². The number of benzene rings is 2. The van der Waals surface area contributed by atoms with Crippen molar-refractivity contribution >= 4 is 11.0 Å². The van der Waals surface area contributed by atoms with Gasteiger partial charge in [-0.05, 0) is 43.3 Å². The summed E-state index contributed by atoms with van der Waals surface area (Å²) in [6.45, 7) is 3.75. The van der Waals surface area contributed by atoms with Crippen LogP contribution in [0.3, 0.4) is 0 Å². The summed E-state index contributed by atoms with van der Waals surface area (Å²) in [4.78, 5) is 13.8. The minimum atomic E-state index is -0.0218. The highest BCUT2D eigenvalue weighted by Crippen LogP contribution is 2.24. The smallest absolute Gasteiger partial charge is 0.193 e. The van der Waals surface area contributed by atoms with E-state index in [9.17, 15) is 4.79 Å². The summed E-state index contributed by atoms with van der Waals surface area (Å²) < 4.78 is 11.7. The monoisotopic (exact) mass is 373 g/mol. The average Bonchev–Trinajstić information content (AvgIpc) is 2.59. The molecule has 0 saturated heterocycles. The Morgan fingerprint density at radius 1 is 1.04 bits per heavy atom. The largest absolute Gasteiger partial charge is 1.00 e. The lowest BCUT2D eigenvalue weighted by atomic mass is 10.1. The summed E-state index contributed by atoms with van der Waals surface area (Å²) in [5.74, 6) is 1.40. The van der Waals surface area contributed by atoms with Gasteiger partial charge in [0.1, 0.15) is 17.1 Å². The molecule has 0 saturated carbocycles. The SMILES string of the molecule is Cc1ccc2oc(-c3ccc(OCCC[NH+](C)C)cc3)cc(=O)c2c1.[Cl-]. The Labute approximate surface area is 159 Å². The minimum Gasteiger partial charge on any atom is -1.00 e. The van der Waals surface area contributed by atoms with Crippen LogP contribution in [-0.4, -0.2) is 27.2 Å². The quantitative estimate of drug-likeness (QED) is 0.603. The number of aryl methyl sites for hydroxylation is 1. The van der Waals surface area contributed by atoms with Crippen LogP contribution in [0.5, 0.6) is 5.75 Å². The second-order valence-corrected chi connectivity index (χ2v) is 6.66. The van der Waals surface area contributed by atoms with Crippen LogP contribution in [0.1, 0.15) is 12.0 Å². The number of rotatable bonds is 6. The zero-order valence-corrected chi connectivity index (χ0v) is 16.1. The van der Waals surface area contributed by atoms with E-state index in [1.54, 1.807) is 6.07 Å². The topological polar surface area (TPSA) is 43.9 Å². The van der Waals surface area contributed by atoms with E-state index in [0.29, 0.717) is 23.3 Å². The van der Waals surface area contributed by atoms with Crippen LogP contribution < -0.4 is 27.5 Å². The van der Waals surface area contributed by atoms with Crippen LogP contribution in [0.25, 0.3) is 22.3 Å². The Bertz CT molecular complexity index is 917. The second kappa shape index (κ2) is 8.88. The fraction of sp³-hybridized carbons (Fsp3) is 0.286. The molecular weight excluding hydrogens is 350 g/mol. The van der Waals surface area contributed by atoms with Gasteiger partial charge in [-0.2, -0.15) is 0 Å². The third-order valence-corrected chi connectivity index (χ3v) is 4.11. The van der Waals surface area contributed by atoms with Crippen molar-refractivity contribution < 1.29 is 26.5 Å². The molecule has 0 aliphatic heterocycles. The summed E-state index contributed by atoms with van der Waals surface area (Å²) in [6, 6.07) is 14.9. The van der Waals surface area contributed by atoms with Gasteiger partial charge in [-0.25, -0.2) is 0 Å². The third kappa shape index (κ3) is 4.87. The van der Waals surface area contributed by atoms with E-state index < -0.39 is 0 Å². The van der Waals surface area contributed by atoms with E-state index in [-0.39, 0.29) is 17.8 Å². The molecule has 0 aliphatic carbocycles. The first-order valence-electron chi connectivity index (χ1n) is 8.60. The molecule has 0 amide bonds. The van der Waals surface area contributed by atoms with Crippen LogP contribution in [0.4, 0.5) is 0 Å². The van der Waals surface area contributed by atoms with Crippen LogP contribution in [0.15, 0.2) is 57.7 Å². The molecule has 5 heteroatoms. The van der Waals surface area contributed by atoms with Crippen LogP contribution in [-0.2, 0) is 0 Å². The van der Waals surface area contributed by atoms with Crippen molar-refractivity contribution in [2.45, 2.75) is 13.3 Å². The lowest BCUT2D eigenvalue weighted by Gasteiger charge is -2.09. The van der Waals surface area contributed by atoms with E-state index in [1.165, 1.54) is 4.90 Å². The van der Waals surface area contributed by atoms with Gasteiger partial charge in [0.15, 0.2) is 5.43 Å². The highest BCUT2D eigenvalue weighted by Gasteiger charge is 2.07. The first kappa shape index (κ1) is 20.0. The van der Waals surface area contributed by atoms with Gasteiger partial charge in [0.05, 0.1) is 32.6 Å². The molecule has 0 unspecified atom stereocenters. The first-order chi connectivity index (χ1) is 12.0. The number of halogens is 1. The number of hydrogen-bond donors (Lipinski definition) is 1. The van der Waals surface area contributed by atoms with Gasteiger partial charge in [-0.15, -0.1) is 0 Å². The fourth-order valence-electron chi connectivity index (χ4n) is 2.74. The summed E-state index contributed by atoms with van der Waals surface area (Å²) in [6.07, 6.45) is 1.02. The molecule has 138 valence electrons. The van der Waals surface area contributed by atoms with Gasteiger partial charge in [0, 0.05) is 18.1 Å². The molecule has 3 aromatic rings. The molecule has 1 heterocycles. The molecule has 0 fully saturated rings. The molecule has 0 aliphatic rings. The fourth-order valence-corrected chi connectivity index (χ4v) is 2.74. The van der Waals surface area contributed by atoms with Gasteiger partial charge in [0.25, 0.3) is 0 Å². The van der Waals surface area contributed by atoms with Gasteiger partial charge in [0.2, 0.25) is 0 Å². The summed E-state index contributed by atoms with van der Waals surface area (Å²) in [5.41, 5.74) is 2.50. The number of hydrogen-bond acceptors (Lipinski definition) is 3. The molecule has 2 aromatic carbocycles. The molecule has 0 bridgehead atoms. The Balaban J connectivity index is 0.00000243. The van der Waals surface area contributed by atoms with Crippen LogP contribution >= 0.6 is 0 Å².